The van der Waals surface area contributed by atoms with Gasteiger partial charge < -0.3 is 4.98 Å². The van der Waals surface area contributed by atoms with Gasteiger partial charge in [-0.3, -0.25) is 0 Å². The number of benzene rings is 1. The monoisotopic (exact) mass is 254 g/mol. The Morgan fingerprint density at radius 3 is 2.67 bits per heavy atom. The number of nitrogens with zero attached hydrogens (tertiary/aromatic N) is 1. The van der Waals surface area contributed by atoms with Crippen molar-refractivity contribution in [3.8, 4) is 0 Å². The number of H-pyrrole nitrogens is 1. The van der Waals surface area contributed by atoms with Crippen molar-refractivity contribution in [3.63, 3.8) is 0 Å². The van der Waals surface area contributed by atoms with Crippen LogP contribution in [0.15, 0.2) is 23.2 Å². The van der Waals surface area contributed by atoms with Gasteiger partial charge in [0.1, 0.15) is 11.4 Å². The van der Waals surface area contributed by atoms with Crippen molar-refractivity contribution >= 4 is 22.7 Å². The fraction of sp³-hybridized carbons (Fsp3) is 0.250. The number of nitrogens with one attached hydrogen (secondary N) is 1. The van der Waals surface area contributed by atoms with Gasteiger partial charge in [0.2, 0.25) is 6.08 Å². The molecule has 0 amide bonds. The molecule has 1 aromatic carbocycles. The van der Waals surface area contributed by atoms with Crippen molar-refractivity contribution in [2.45, 2.75) is 19.5 Å². The molecule has 2 aromatic rings. The minimum absolute atomic E-state index is 0.282. The number of alkyl halides is 3. The van der Waals surface area contributed by atoms with Crippen molar-refractivity contribution in [2.24, 2.45) is 4.99 Å². The number of aromatic nitrogens is 1. The number of carbonyl (C=O) groups excluding carboxylic acids is 1. The van der Waals surface area contributed by atoms with Crippen LogP contribution < -0.4 is 0 Å². The van der Waals surface area contributed by atoms with E-state index >= 15 is 0 Å². The number of aromatic amines is 1. The average molecular weight is 254 g/mol. The molecule has 0 radical (unpaired) electrons. The smallest absolute Gasteiger partial charge is 0.349 e. The summed E-state index contributed by atoms with van der Waals surface area (Å²) in [6, 6.07) is 4.86. The van der Waals surface area contributed by atoms with Gasteiger partial charge in [0.05, 0.1) is 5.52 Å². The van der Waals surface area contributed by atoms with Gasteiger partial charge >= 0.3 is 6.18 Å². The van der Waals surface area contributed by atoms with Crippen LogP contribution in [0.25, 0.3) is 10.9 Å². The first-order valence-electron chi connectivity index (χ1n) is 5.27. The molecule has 94 valence electrons. The molecule has 0 aliphatic carbocycles. The SMILES string of the molecule is CCc1cccc2c(N=C=O)c(C(F)(F)F)[nH]c12. The third-order valence-electron chi connectivity index (χ3n) is 2.71. The van der Waals surface area contributed by atoms with E-state index in [-0.39, 0.29) is 5.39 Å². The van der Waals surface area contributed by atoms with Crippen molar-refractivity contribution < 1.29 is 18.0 Å². The van der Waals surface area contributed by atoms with Crippen molar-refractivity contribution in [1.82, 2.24) is 4.98 Å². The van der Waals surface area contributed by atoms with Gasteiger partial charge in [-0.1, -0.05) is 25.1 Å². The number of fused-ring (bicyclic) bond motifs is 1. The fourth-order valence-corrected chi connectivity index (χ4v) is 1.93. The number of aliphatic imine (C=N–C) groups is 1. The van der Waals surface area contributed by atoms with E-state index in [1.807, 2.05) is 6.92 Å². The lowest BCUT2D eigenvalue weighted by Crippen LogP contribution is -2.05. The molecule has 0 saturated carbocycles. The standard InChI is InChI=1S/C12H9F3N2O/c1-2-7-4-3-5-8-9(7)17-11(12(13,14)15)10(8)16-6-18/h3-5,17H,2H2,1H3. The van der Waals surface area contributed by atoms with E-state index in [9.17, 15) is 18.0 Å². The third kappa shape index (κ3) is 1.91. The predicted octanol–water partition coefficient (Wildman–Crippen LogP) is 3.72. The predicted molar refractivity (Wildman–Crippen MR) is 60.5 cm³/mol. The summed E-state index contributed by atoms with van der Waals surface area (Å²) in [5.74, 6) is 0. The summed E-state index contributed by atoms with van der Waals surface area (Å²) in [6.07, 6.45) is -2.83. The molecule has 3 nitrogen and oxygen atoms in total. The molecular weight excluding hydrogens is 245 g/mol. The quantitative estimate of drug-likeness (QED) is 0.644. The third-order valence-corrected chi connectivity index (χ3v) is 2.71. The molecule has 0 unspecified atom stereocenters. The second kappa shape index (κ2) is 4.31. The maximum absolute atomic E-state index is 12.8. The minimum atomic E-state index is -4.58. The molecular formula is C12H9F3N2O. The summed E-state index contributed by atoms with van der Waals surface area (Å²) in [5.41, 5.74) is -0.309. The zero-order chi connectivity index (χ0) is 13.3. The lowest BCUT2D eigenvalue weighted by molar-refractivity contribution is -0.140. The average Bonchev–Trinajstić information content (AvgIpc) is 2.68. The van der Waals surface area contributed by atoms with E-state index in [0.29, 0.717) is 11.9 Å². The van der Waals surface area contributed by atoms with Crippen molar-refractivity contribution in [1.29, 1.82) is 0 Å². The second-order valence-corrected chi connectivity index (χ2v) is 3.74. The topological polar surface area (TPSA) is 45.2 Å². The summed E-state index contributed by atoms with van der Waals surface area (Å²) in [4.78, 5) is 15.8. The van der Waals surface area contributed by atoms with E-state index in [1.54, 1.807) is 12.1 Å². The van der Waals surface area contributed by atoms with E-state index in [0.717, 1.165) is 5.56 Å². The summed E-state index contributed by atoms with van der Waals surface area (Å²) in [5, 5.41) is 0.282. The summed E-state index contributed by atoms with van der Waals surface area (Å²) < 4.78 is 38.5. The van der Waals surface area contributed by atoms with Crippen LogP contribution in [-0.4, -0.2) is 11.1 Å². The molecule has 0 bridgehead atoms. The highest BCUT2D eigenvalue weighted by Gasteiger charge is 2.37. The molecule has 18 heavy (non-hydrogen) atoms. The van der Waals surface area contributed by atoms with Crippen LogP contribution in [0.5, 0.6) is 0 Å². The second-order valence-electron chi connectivity index (χ2n) is 3.74. The number of isocyanates is 1. The van der Waals surface area contributed by atoms with Crippen LogP contribution in [0.2, 0.25) is 0 Å². The molecule has 2 rings (SSSR count). The fourth-order valence-electron chi connectivity index (χ4n) is 1.93. The largest absolute Gasteiger partial charge is 0.433 e. The van der Waals surface area contributed by atoms with Crippen LogP contribution >= 0.6 is 0 Å². The van der Waals surface area contributed by atoms with Gasteiger partial charge in [-0.05, 0) is 12.0 Å². The van der Waals surface area contributed by atoms with Crippen molar-refractivity contribution in [2.75, 3.05) is 0 Å². The van der Waals surface area contributed by atoms with Crippen LogP contribution in [0.4, 0.5) is 18.9 Å². The number of rotatable bonds is 2. The molecule has 1 heterocycles. The number of para-hydroxylation sites is 1. The Morgan fingerprint density at radius 1 is 1.39 bits per heavy atom. The highest BCUT2D eigenvalue weighted by atomic mass is 19.4. The molecule has 0 aliphatic heterocycles. The van der Waals surface area contributed by atoms with Gasteiger partial charge in [-0.15, -0.1) is 0 Å². The van der Waals surface area contributed by atoms with Crippen LogP contribution in [0.1, 0.15) is 18.2 Å². The lowest BCUT2D eigenvalue weighted by Gasteiger charge is -2.03. The molecule has 0 aliphatic rings. The summed E-state index contributed by atoms with van der Waals surface area (Å²) >= 11 is 0. The molecule has 1 N–H and O–H groups in total. The Labute approximate surface area is 100 Å². The van der Waals surface area contributed by atoms with E-state index < -0.39 is 17.6 Å². The van der Waals surface area contributed by atoms with E-state index in [2.05, 4.69) is 9.98 Å². The number of hydrogen-bond donors (Lipinski definition) is 1. The number of aryl methyl sites for hydroxylation is 1. The van der Waals surface area contributed by atoms with Gasteiger partial charge in [0.15, 0.2) is 0 Å². The Kier molecular flexibility index (Phi) is 2.97. The molecule has 0 spiro atoms. The summed E-state index contributed by atoms with van der Waals surface area (Å²) in [7, 11) is 0. The zero-order valence-electron chi connectivity index (χ0n) is 9.43. The zero-order valence-corrected chi connectivity index (χ0v) is 9.43. The van der Waals surface area contributed by atoms with Gasteiger partial charge in [0, 0.05) is 5.39 Å². The number of halogens is 3. The summed E-state index contributed by atoms with van der Waals surface area (Å²) in [6.45, 7) is 1.84. The maximum Gasteiger partial charge on any atom is 0.433 e. The maximum atomic E-state index is 12.8. The lowest BCUT2D eigenvalue weighted by atomic mass is 10.1. The first-order chi connectivity index (χ1) is 8.49. The van der Waals surface area contributed by atoms with Gasteiger partial charge in [0.25, 0.3) is 0 Å². The first kappa shape index (κ1) is 12.4. The van der Waals surface area contributed by atoms with Gasteiger partial charge in [-0.25, -0.2) is 4.79 Å². The Balaban J connectivity index is 2.87. The Hall–Kier alpha value is -2.07. The molecule has 0 saturated heterocycles. The molecule has 6 heteroatoms. The highest BCUT2D eigenvalue weighted by Crippen LogP contribution is 2.41. The van der Waals surface area contributed by atoms with E-state index in [1.165, 1.54) is 12.1 Å². The van der Waals surface area contributed by atoms with Crippen molar-refractivity contribution in [3.05, 3.63) is 29.5 Å². The van der Waals surface area contributed by atoms with Crippen LogP contribution in [-0.2, 0) is 17.4 Å². The van der Waals surface area contributed by atoms with Gasteiger partial charge in [-0.2, -0.15) is 18.2 Å². The Morgan fingerprint density at radius 2 is 2.11 bits per heavy atom. The number of hydrogen-bond acceptors (Lipinski definition) is 2. The minimum Gasteiger partial charge on any atom is -0.349 e. The van der Waals surface area contributed by atoms with Crippen LogP contribution in [0, 0.1) is 0 Å². The normalized spacial score (nSPS) is 11.6. The molecule has 0 fully saturated rings. The first-order valence-corrected chi connectivity index (χ1v) is 5.27. The Bertz CT molecular complexity index is 637. The molecule has 1 aromatic heterocycles. The van der Waals surface area contributed by atoms with Crippen LogP contribution in [0.3, 0.4) is 0 Å². The highest BCUT2D eigenvalue weighted by molar-refractivity contribution is 5.95. The van der Waals surface area contributed by atoms with E-state index in [4.69, 9.17) is 0 Å². The molecule has 0 atom stereocenters.